The fraction of sp³-hybridized carbons (Fsp3) is 0. The number of hydrogen-bond acceptors (Lipinski definition) is 5. The molecule has 28 heavy (non-hydrogen) atoms. The van der Waals surface area contributed by atoms with Gasteiger partial charge >= 0.3 is 6.01 Å². The van der Waals surface area contributed by atoms with Gasteiger partial charge in [0.15, 0.2) is 0 Å². The van der Waals surface area contributed by atoms with Crippen LogP contribution in [0.3, 0.4) is 0 Å². The van der Waals surface area contributed by atoms with Crippen molar-refractivity contribution in [1.29, 1.82) is 0 Å². The molecule has 0 saturated heterocycles. The predicted molar refractivity (Wildman–Crippen MR) is 108 cm³/mol. The van der Waals surface area contributed by atoms with E-state index in [0.717, 1.165) is 16.6 Å². The molecule has 1 N–H and O–H groups in total. The van der Waals surface area contributed by atoms with Gasteiger partial charge in [-0.3, -0.25) is 4.79 Å². The predicted octanol–water partition coefficient (Wildman–Crippen LogP) is 4.47. The zero-order valence-electron chi connectivity index (χ0n) is 14.8. The molecule has 0 atom stereocenters. The molecule has 2 aromatic heterocycles. The van der Waals surface area contributed by atoms with Crippen LogP contribution in [0.4, 0.5) is 5.69 Å². The second-order valence-electron chi connectivity index (χ2n) is 5.91. The third-order valence-corrected chi connectivity index (χ3v) is 3.90. The van der Waals surface area contributed by atoms with Gasteiger partial charge in [-0.05, 0) is 48.5 Å². The molecule has 0 saturated carbocycles. The molecule has 0 fully saturated rings. The molecular weight excluding hydrogens is 352 g/mol. The lowest BCUT2D eigenvalue weighted by molar-refractivity contribution is -0.111. The lowest BCUT2D eigenvalue weighted by Crippen LogP contribution is -2.07. The number of ether oxygens (including phenoxy) is 1. The summed E-state index contributed by atoms with van der Waals surface area (Å²) in [6.07, 6.45) is 6.35. The summed E-state index contributed by atoms with van der Waals surface area (Å²) in [5, 5.41) is 3.86. The van der Waals surface area contributed by atoms with E-state index >= 15 is 0 Å². The number of fused-ring (bicyclic) bond motifs is 1. The third kappa shape index (κ3) is 4.37. The van der Waals surface area contributed by atoms with Gasteiger partial charge in [0.2, 0.25) is 5.91 Å². The van der Waals surface area contributed by atoms with E-state index in [9.17, 15) is 4.79 Å². The molecule has 2 heterocycles. The number of anilines is 1. The Hall–Kier alpha value is -4.06. The maximum absolute atomic E-state index is 12.1. The van der Waals surface area contributed by atoms with E-state index in [1.807, 2.05) is 36.4 Å². The maximum atomic E-state index is 12.1. The number of amides is 1. The van der Waals surface area contributed by atoms with Gasteiger partial charge in [-0.25, -0.2) is 15.0 Å². The summed E-state index contributed by atoms with van der Waals surface area (Å²) in [7, 11) is 0. The highest BCUT2D eigenvalue weighted by atomic mass is 16.5. The molecule has 0 spiro atoms. The number of carbonyl (C=O) groups excluding carboxylic acids is 1. The van der Waals surface area contributed by atoms with Gasteiger partial charge in [0, 0.05) is 29.5 Å². The minimum Gasteiger partial charge on any atom is -0.424 e. The second-order valence-corrected chi connectivity index (χ2v) is 5.91. The van der Waals surface area contributed by atoms with Crippen LogP contribution in [0.15, 0.2) is 85.2 Å². The maximum Gasteiger partial charge on any atom is 0.321 e. The second kappa shape index (κ2) is 8.09. The van der Waals surface area contributed by atoms with E-state index in [2.05, 4.69) is 20.3 Å². The number of nitrogens with zero attached hydrogens (tertiary/aromatic N) is 3. The van der Waals surface area contributed by atoms with Gasteiger partial charge in [0.25, 0.3) is 0 Å². The largest absolute Gasteiger partial charge is 0.424 e. The van der Waals surface area contributed by atoms with Crippen LogP contribution in [0.2, 0.25) is 0 Å². The zero-order valence-corrected chi connectivity index (χ0v) is 14.8. The van der Waals surface area contributed by atoms with Crippen LogP contribution in [0.25, 0.3) is 17.0 Å². The molecule has 4 aromatic rings. The molecule has 6 heteroatoms. The first-order valence-electron chi connectivity index (χ1n) is 8.66. The minimum absolute atomic E-state index is 0.241. The van der Waals surface area contributed by atoms with Crippen molar-refractivity contribution in [3.8, 4) is 11.8 Å². The van der Waals surface area contributed by atoms with Crippen molar-refractivity contribution in [2.24, 2.45) is 0 Å². The van der Waals surface area contributed by atoms with Crippen molar-refractivity contribution in [3.63, 3.8) is 0 Å². The standard InChI is InChI=1S/C22H16N4O2/c27-21(13-10-17-7-6-16-4-1-2-5-20(16)25-17)26-18-8-11-19(12-9-18)28-22-23-14-3-15-24-22/h1-15H,(H,26,27). The molecular formula is C22H16N4O2. The van der Waals surface area contributed by atoms with Crippen LogP contribution >= 0.6 is 0 Å². The number of pyridine rings is 1. The molecule has 0 aliphatic carbocycles. The van der Waals surface area contributed by atoms with Gasteiger partial charge in [-0.2, -0.15) is 0 Å². The van der Waals surface area contributed by atoms with Crippen LogP contribution < -0.4 is 10.1 Å². The topological polar surface area (TPSA) is 77.0 Å². The first kappa shape index (κ1) is 17.4. The quantitative estimate of drug-likeness (QED) is 0.526. The summed E-state index contributed by atoms with van der Waals surface area (Å²) in [4.78, 5) is 24.7. The fourth-order valence-electron chi connectivity index (χ4n) is 2.57. The van der Waals surface area contributed by atoms with Crippen molar-refractivity contribution in [3.05, 3.63) is 90.9 Å². The SMILES string of the molecule is O=C(C=Cc1ccc2ccccc2n1)Nc1ccc(Oc2ncccn2)cc1. The Morgan fingerprint density at radius 1 is 0.893 bits per heavy atom. The lowest BCUT2D eigenvalue weighted by atomic mass is 10.2. The van der Waals surface area contributed by atoms with Crippen LogP contribution in [-0.2, 0) is 4.79 Å². The van der Waals surface area contributed by atoms with Crippen LogP contribution in [0, 0.1) is 0 Å². The molecule has 1 amide bonds. The van der Waals surface area contributed by atoms with Gasteiger partial charge < -0.3 is 10.1 Å². The zero-order chi connectivity index (χ0) is 19.2. The van der Waals surface area contributed by atoms with E-state index in [4.69, 9.17) is 4.74 Å². The third-order valence-electron chi connectivity index (χ3n) is 3.90. The van der Waals surface area contributed by atoms with E-state index in [1.54, 1.807) is 48.8 Å². The van der Waals surface area contributed by atoms with Crippen LogP contribution in [0.5, 0.6) is 11.8 Å². The van der Waals surface area contributed by atoms with Crippen molar-refractivity contribution in [2.45, 2.75) is 0 Å². The van der Waals surface area contributed by atoms with Crippen molar-refractivity contribution >= 4 is 28.6 Å². The lowest BCUT2D eigenvalue weighted by Gasteiger charge is -2.05. The number of rotatable bonds is 5. The average molecular weight is 368 g/mol. The number of hydrogen-bond donors (Lipinski definition) is 1. The molecule has 0 aliphatic heterocycles. The minimum atomic E-state index is -0.241. The number of para-hydroxylation sites is 1. The smallest absolute Gasteiger partial charge is 0.321 e. The average Bonchev–Trinajstić information content (AvgIpc) is 2.74. The van der Waals surface area contributed by atoms with Crippen LogP contribution in [0.1, 0.15) is 5.69 Å². The Morgan fingerprint density at radius 2 is 1.68 bits per heavy atom. The highest BCUT2D eigenvalue weighted by Crippen LogP contribution is 2.20. The monoisotopic (exact) mass is 368 g/mol. The molecule has 0 bridgehead atoms. The van der Waals surface area contributed by atoms with Crippen LogP contribution in [-0.4, -0.2) is 20.9 Å². The highest BCUT2D eigenvalue weighted by Gasteiger charge is 2.02. The molecule has 4 rings (SSSR count). The van der Waals surface area contributed by atoms with E-state index in [0.29, 0.717) is 11.4 Å². The Kier molecular flexibility index (Phi) is 5.02. The Bertz CT molecular complexity index is 1130. The normalized spacial score (nSPS) is 10.9. The summed E-state index contributed by atoms with van der Waals surface area (Å²) < 4.78 is 5.52. The number of nitrogens with one attached hydrogen (secondary N) is 1. The van der Waals surface area contributed by atoms with Gasteiger partial charge in [0.05, 0.1) is 11.2 Å². The molecule has 0 aliphatic rings. The Labute approximate surface area is 161 Å². The summed E-state index contributed by atoms with van der Waals surface area (Å²) in [5.74, 6) is 0.343. The Morgan fingerprint density at radius 3 is 2.50 bits per heavy atom. The summed E-state index contributed by atoms with van der Waals surface area (Å²) in [6.45, 7) is 0. The van der Waals surface area contributed by atoms with Crippen molar-refractivity contribution in [2.75, 3.05) is 5.32 Å². The Balaban J connectivity index is 1.38. The summed E-state index contributed by atoms with van der Waals surface area (Å²) >= 11 is 0. The first-order chi connectivity index (χ1) is 13.8. The number of aromatic nitrogens is 3. The summed E-state index contributed by atoms with van der Waals surface area (Å²) in [5.41, 5.74) is 2.27. The summed E-state index contributed by atoms with van der Waals surface area (Å²) in [6, 6.07) is 20.7. The van der Waals surface area contributed by atoms with Gasteiger partial charge in [-0.1, -0.05) is 24.3 Å². The number of carbonyl (C=O) groups is 1. The first-order valence-corrected chi connectivity index (χ1v) is 8.66. The number of benzene rings is 2. The van der Waals surface area contributed by atoms with E-state index in [-0.39, 0.29) is 11.9 Å². The molecule has 0 unspecified atom stereocenters. The van der Waals surface area contributed by atoms with Gasteiger partial charge in [-0.15, -0.1) is 0 Å². The molecule has 0 radical (unpaired) electrons. The fourth-order valence-corrected chi connectivity index (χ4v) is 2.57. The van der Waals surface area contributed by atoms with Crippen molar-refractivity contribution in [1.82, 2.24) is 15.0 Å². The van der Waals surface area contributed by atoms with E-state index < -0.39 is 0 Å². The molecule has 6 nitrogen and oxygen atoms in total. The highest BCUT2D eigenvalue weighted by molar-refractivity contribution is 6.01. The van der Waals surface area contributed by atoms with Crippen molar-refractivity contribution < 1.29 is 9.53 Å². The molecule has 2 aromatic carbocycles. The van der Waals surface area contributed by atoms with E-state index in [1.165, 1.54) is 6.08 Å². The van der Waals surface area contributed by atoms with Gasteiger partial charge in [0.1, 0.15) is 5.75 Å². The molecule has 136 valence electrons.